The Morgan fingerprint density at radius 2 is 0.526 bits per heavy atom. The minimum Gasteiger partial charge on any atom is -0.112 e. The minimum absolute atomic E-state index is 0.484. The summed E-state index contributed by atoms with van der Waals surface area (Å²) in [4.78, 5) is 0. The summed E-state index contributed by atoms with van der Waals surface area (Å²) in [5.41, 5.74) is 12.6. The van der Waals surface area contributed by atoms with E-state index in [1.165, 1.54) is 162 Å². The van der Waals surface area contributed by atoms with E-state index in [1.807, 2.05) is 0 Å². The van der Waals surface area contributed by atoms with E-state index in [1.54, 1.807) is 0 Å². The van der Waals surface area contributed by atoms with Gasteiger partial charge < -0.3 is 0 Å². The topological polar surface area (TPSA) is 0 Å². The molecular weight excluding hydrogens is 951 g/mol. The Bertz CT molecular complexity index is 4830. The van der Waals surface area contributed by atoms with Crippen molar-refractivity contribution in [2.75, 3.05) is 0 Å². The Morgan fingerprint density at radius 3 is 0.961 bits per heavy atom. The van der Waals surface area contributed by atoms with Crippen LogP contribution in [-0.4, -0.2) is 0 Å². The maximum atomic E-state index is 2.57. The van der Waals surface area contributed by atoms with E-state index in [-0.39, 0.29) is 0 Å². The Balaban J connectivity index is 1.09. The smallest absolute Gasteiger partial charge is 0.00274 e. The van der Waals surface area contributed by atoms with E-state index < -0.39 is 15.1 Å². The second-order valence-electron chi connectivity index (χ2n) is 20.8. The standard InChI is InChI=1S/C74H48P2/c1-75-67-33-9-7-21-61(67)71-55(31-15-35-69(71)75)53-25-13-29-59-65(53)44-66-54(56-32-16-36-70-72(56)62-22-8-10-34-68(62)76(70)2)26-14-30-60(66)74(59)73-57-27-11-23-51(49-39-37-45-17-3-5-19-47(45)41-49)63(57)43-64-52(24-12-28-58(64)73)50-40-38-46-18-4-6-20-48(46)42-50/h3-44H,1-2H3. The fraction of sp³-hybridized carbons (Fsp3) is 0.0270. The summed E-state index contributed by atoms with van der Waals surface area (Å²) >= 11 is 0. The van der Waals surface area contributed by atoms with Crippen molar-refractivity contribution in [1.29, 1.82) is 0 Å². The quantitative estimate of drug-likeness (QED) is 0.151. The molecule has 0 saturated carbocycles. The number of fused-ring (bicyclic) bond motifs is 12. The zero-order valence-electron chi connectivity index (χ0n) is 42.1. The van der Waals surface area contributed by atoms with Crippen LogP contribution in [0.25, 0.3) is 162 Å². The van der Waals surface area contributed by atoms with E-state index in [0.29, 0.717) is 0 Å². The van der Waals surface area contributed by atoms with E-state index in [4.69, 9.17) is 0 Å². The first-order chi connectivity index (χ1) is 37.6. The van der Waals surface area contributed by atoms with Crippen LogP contribution in [-0.2, 0) is 13.3 Å². The molecule has 0 fully saturated rings. The van der Waals surface area contributed by atoms with Crippen LogP contribution in [0.5, 0.6) is 0 Å². The molecule has 2 heteroatoms. The lowest BCUT2D eigenvalue weighted by atomic mass is 9.81. The summed E-state index contributed by atoms with van der Waals surface area (Å²) in [5, 5.41) is 26.4. The summed E-state index contributed by atoms with van der Waals surface area (Å²) in [6, 6.07) is 97.3. The van der Waals surface area contributed by atoms with Crippen LogP contribution in [0.2, 0.25) is 0 Å². The van der Waals surface area contributed by atoms with Gasteiger partial charge in [-0.2, -0.15) is 0 Å². The van der Waals surface area contributed by atoms with Crippen molar-refractivity contribution in [1.82, 2.24) is 0 Å². The van der Waals surface area contributed by atoms with E-state index in [0.717, 1.165) is 0 Å². The Labute approximate surface area is 442 Å². The summed E-state index contributed by atoms with van der Waals surface area (Å²) in [6.07, 6.45) is 0. The molecule has 16 rings (SSSR count). The third-order valence-electron chi connectivity index (χ3n) is 16.9. The summed E-state index contributed by atoms with van der Waals surface area (Å²) < 4.78 is 0. The summed E-state index contributed by atoms with van der Waals surface area (Å²) in [7, 11) is -0.968. The zero-order chi connectivity index (χ0) is 50.2. The van der Waals surface area contributed by atoms with Crippen molar-refractivity contribution in [3.63, 3.8) is 0 Å². The van der Waals surface area contributed by atoms with Gasteiger partial charge in [-0.05, 0) is 169 Å². The maximum Gasteiger partial charge on any atom is 0.00274 e. The summed E-state index contributed by atoms with van der Waals surface area (Å²) in [6.45, 7) is 4.88. The highest BCUT2D eigenvalue weighted by atomic mass is 31.1. The van der Waals surface area contributed by atoms with Gasteiger partial charge in [-0.15, -0.1) is 15.1 Å². The lowest BCUT2D eigenvalue weighted by Gasteiger charge is -2.22. The van der Waals surface area contributed by atoms with Crippen molar-refractivity contribution in [2.24, 2.45) is 13.3 Å². The molecule has 0 N–H and O–H groups in total. The number of benzene rings is 14. The van der Waals surface area contributed by atoms with Gasteiger partial charge in [0, 0.05) is 31.2 Å². The van der Waals surface area contributed by atoms with Crippen LogP contribution in [0.1, 0.15) is 0 Å². The van der Waals surface area contributed by atoms with Gasteiger partial charge in [0.05, 0.1) is 0 Å². The molecule has 0 bridgehead atoms. The third-order valence-corrected chi connectivity index (χ3v) is 21.3. The van der Waals surface area contributed by atoms with Gasteiger partial charge in [0.15, 0.2) is 0 Å². The van der Waals surface area contributed by atoms with Gasteiger partial charge in [-0.25, -0.2) is 0 Å². The van der Waals surface area contributed by atoms with E-state index >= 15 is 0 Å². The summed E-state index contributed by atoms with van der Waals surface area (Å²) in [5.74, 6) is 0. The molecule has 0 radical (unpaired) electrons. The monoisotopic (exact) mass is 998 g/mol. The second-order valence-corrected chi connectivity index (χ2v) is 24.9. The van der Waals surface area contributed by atoms with Crippen LogP contribution in [0.15, 0.2) is 255 Å². The number of hydrogen-bond acceptors (Lipinski definition) is 0. The molecule has 0 amide bonds. The first-order valence-electron chi connectivity index (χ1n) is 26.4. The normalized spacial score (nSPS) is 12.6. The lowest BCUT2D eigenvalue weighted by Crippen LogP contribution is -1.94. The Kier molecular flexibility index (Phi) is 9.69. The number of aryl methyl sites for hydroxylation is 2. The van der Waals surface area contributed by atoms with Gasteiger partial charge in [0.1, 0.15) is 0 Å². The van der Waals surface area contributed by atoms with Gasteiger partial charge in [-0.3, -0.25) is 0 Å². The van der Waals surface area contributed by atoms with Crippen molar-refractivity contribution in [3.05, 3.63) is 255 Å². The zero-order valence-corrected chi connectivity index (χ0v) is 43.9. The first kappa shape index (κ1) is 43.6. The van der Waals surface area contributed by atoms with Crippen LogP contribution in [0.4, 0.5) is 0 Å². The third kappa shape index (κ3) is 6.39. The molecule has 0 spiro atoms. The van der Waals surface area contributed by atoms with Crippen molar-refractivity contribution in [3.8, 4) is 55.6 Å². The molecule has 76 heavy (non-hydrogen) atoms. The van der Waals surface area contributed by atoms with Gasteiger partial charge in [0.2, 0.25) is 0 Å². The predicted octanol–water partition coefficient (Wildman–Crippen LogP) is 22.6. The van der Waals surface area contributed by atoms with Crippen LogP contribution >= 0.6 is 15.1 Å². The van der Waals surface area contributed by atoms with Gasteiger partial charge >= 0.3 is 0 Å². The van der Waals surface area contributed by atoms with Crippen LogP contribution < -0.4 is 0 Å². The van der Waals surface area contributed by atoms with Crippen LogP contribution in [0.3, 0.4) is 0 Å². The lowest BCUT2D eigenvalue weighted by molar-refractivity contribution is 1.66. The Morgan fingerprint density at radius 1 is 0.211 bits per heavy atom. The maximum absolute atomic E-state index is 2.57. The molecule has 14 aromatic carbocycles. The fourth-order valence-electron chi connectivity index (χ4n) is 13.4. The van der Waals surface area contributed by atoms with Crippen molar-refractivity contribution >= 4 is 122 Å². The number of rotatable bonds is 5. The molecule has 2 heterocycles. The molecule has 2 unspecified atom stereocenters. The molecule has 0 aliphatic heterocycles. The van der Waals surface area contributed by atoms with Gasteiger partial charge in [-0.1, -0.05) is 231 Å². The molecular formula is C74H48P2. The second kappa shape index (κ2) is 16.9. The molecule has 354 valence electrons. The molecule has 2 aromatic heterocycles. The van der Waals surface area contributed by atoms with E-state index in [9.17, 15) is 0 Å². The minimum atomic E-state index is -0.484. The SMILES string of the molecule is Cp1c2ccccc2c2c(-c3cccc4c(-c5c6cccc(-c7ccc8ccccc8c7)c6cc6c(-c7ccc8ccccc8c7)cccc56)c5cccc(-c6cccc7c6c6ccccc6p7C)c5cc34)cccc21. The highest BCUT2D eigenvalue weighted by Gasteiger charge is 2.24. The largest absolute Gasteiger partial charge is 0.112 e. The van der Waals surface area contributed by atoms with E-state index in [2.05, 4.69) is 268 Å². The molecule has 2 atom stereocenters. The molecule has 16 aromatic rings. The highest BCUT2D eigenvalue weighted by molar-refractivity contribution is 7.60. The van der Waals surface area contributed by atoms with Crippen molar-refractivity contribution < 1.29 is 0 Å². The highest BCUT2D eigenvalue weighted by Crippen LogP contribution is 2.55. The molecule has 0 aliphatic carbocycles. The average Bonchev–Trinajstić information content (AvgIpc) is 3.98. The molecule has 0 nitrogen and oxygen atoms in total. The van der Waals surface area contributed by atoms with Crippen LogP contribution in [0, 0.1) is 0 Å². The first-order valence-corrected chi connectivity index (χ1v) is 30.0. The average molecular weight is 999 g/mol. The van der Waals surface area contributed by atoms with Crippen molar-refractivity contribution in [2.45, 2.75) is 0 Å². The molecule has 0 saturated heterocycles. The molecule has 0 aliphatic rings. The predicted molar refractivity (Wildman–Crippen MR) is 336 cm³/mol. The van der Waals surface area contributed by atoms with Gasteiger partial charge in [0.25, 0.3) is 0 Å². The number of hydrogen-bond donors (Lipinski definition) is 0. The Hall–Kier alpha value is -8.76. The fourth-order valence-corrected chi connectivity index (χ4v) is 17.4.